The molecule has 154 valence electrons. The van der Waals surface area contributed by atoms with Crippen molar-refractivity contribution >= 4 is 17.5 Å². The minimum Gasteiger partial charge on any atom is -0.369 e. The summed E-state index contributed by atoms with van der Waals surface area (Å²) in [6, 6.07) is 15.3. The molecule has 0 radical (unpaired) electrons. The van der Waals surface area contributed by atoms with Gasteiger partial charge in [0.1, 0.15) is 5.82 Å². The molecule has 1 aromatic carbocycles. The van der Waals surface area contributed by atoms with Crippen molar-refractivity contribution in [1.82, 2.24) is 15.6 Å². The van der Waals surface area contributed by atoms with Gasteiger partial charge in [-0.15, -0.1) is 0 Å². The maximum absolute atomic E-state index is 4.84. The number of hydrogen-bond acceptors (Lipinski definition) is 4. The van der Waals surface area contributed by atoms with Crippen LogP contribution in [0.1, 0.15) is 31.7 Å². The van der Waals surface area contributed by atoms with Crippen LogP contribution in [0.2, 0.25) is 0 Å². The Morgan fingerprint density at radius 2 is 1.93 bits per heavy atom. The molecule has 1 unspecified atom stereocenters. The zero-order chi connectivity index (χ0) is 19.9. The summed E-state index contributed by atoms with van der Waals surface area (Å²) in [5.74, 6) is 1.98. The van der Waals surface area contributed by atoms with Gasteiger partial charge < -0.3 is 20.4 Å². The van der Waals surface area contributed by atoms with Gasteiger partial charge in [-0.05, 0) is 56.0 Å². The topological polar surface area (TPSA) is 55.8 Å². The summed E-state index contributed by atoms with van der Waals surface area (Å²) >= 11 is 0. The Morgan fingerprint density at radius 1 is 1.10 bits per heavy atom. The zero-order valence-electron chi connectivity index (χ0n) is 17.3. The zero-order valence-corrected chi connectivity index (χ0v) is 17.3. The molecule has 1 atom stereocenters. The van der Waals surface area contributed by atoms with Gasteiger partial charge in [-0.2, -0.15) is 0 Å². The maximum Gasteiger partial charge on any atom is 0.191 e. The molecule has 2 aliphatic rings. The largest absolute Gasteiger partial charge is 0.369 e. The highest BCUT2D eigenvalue weighted by atomic mass is 15.2. The van der Waals surface area contributed by atoms with Gasteiger partial charge in [0.15, 0.2) is 5.96 Å². The monoisotopic (exact) mass is 392 g/mol. The lowest BCUT2D eigenvalue weighted by Gasteiger charge is -2.20. The molecule has 6 nitrogen and oxygen atoms in total. The fraction of sp³-hybridized carbons (Fsp3) is 0.478. The highest BCUT2D eigenvalue weighted by Crippen LogP contribution is 2.20. The van der Waals surface area contributed by atoms with Crippen molar-refractivity contribution in [3.05, 3.63) is 54.2 Å². The molecule has 2 aliphatic heterocycles. The van der Waals surface area contributed by atoms with Gasteiger partial charge in [0.25, 0.3) is 0 Å². The Labute approximate surface area is 174 Å². The van der Waals surface area contributed by atoms with Gasteiger partial charge in [0.2, 0.25) is 0 Å². The number of nitrogens with zero attached hydrogens (tertiary/aromatic N) is 4. The molecular weight excluding hydrogens is 360 g/mol. The highest BCUT2D eigenvalue weighted by Gasteiger charge is 2.23. The predicted octanol–water partition coefficient (Wildman–Crippen LogP) is 3.02. The molecule has 0 bridgehead atoms. The van der Waals surface area contributed by atoms with Crippen molar-refractivity contribution in [3.8, 4) is 0 Å². The molecule has 0 spiro atoms. The minimum absolute atomic E-state index is 0.408. The van der Waals surface area contributed by atoms with Crippen LogP contribution in [0, 0.1) is 0 Å². The van der Waals surface area contributed by atoms with Crippen molar-refractivity contribution in [2.45, 2.75) is 38.8 Å². The molecule has 6 heteroatoms. The number of aromatic nitrogens is 1. The van der Waals surface area contributed by atoms with E-state index < -0.39 is 0 Å². The van der Waals surface area contributed by atoms with E-state index in [4.69, 9.17) is 4.99 Å². The van der Waals surface area contributed by atoms with Crippen LogP contribution >= 0.6 is 0 Å². The third-order valence-electron chi connectivity index (χ3n) is 5.65. The first kappa shape index (κ1) is 19.6. The van der Waals surface area contributed by atoms with E-state index in [1.807, 2.05) is 6.20 Å². The summed E-state index contributed by atoms with van der Waals surface area (Å²) in [6.45, 7) is 7.94. The van der Waals surface area contributed by atoms with Crippen LogP contribution in [0.15, 0.2) is 53.7 Å². The van der Waals surface area contributed by atoms with E-state index >= 15 is 0 Å². The van der Waals surface area contributed by atoms with E-state index in [1.165, 1.54) is 24.1 Å². The lowest BCUT2D eigenvalue weighted by atomic mass is 10.2. The average molecular weight is 393 g/mol. The summed E-state index contributed by atoms with van der Waals surface area (Å²) in [4.78, 5) is 14.2. The van der Waals surface area contributed by atoms with Crippen LogP contribution in [0.25, 0.3) is 0 Å². The molecule has 0 aliphatic carbocycles. The molecule has 2 aromatic rings. The molecule has 2 N–H and O–H groups in total. The van der Waals surface area contributed by atoms with Gasteiger partial charge in [-0.3, -0.25) is 0 Å². The number of rotatable bonds is 6. The lowest BCUT2D eigenvalue weighted by Crippen LogP contribution is -2.44. The molecule has 1 aromatic heterocycles. The van der Waals surface area contributed by atoms with Crippen LogP contribution in [0.4, 0.5) is 11.5 Å². The summed E-state index contributed by atoms with van der Waals surface area (Å²) in [6.07, 6.45) is 5.56. The third-order valence-corrected chi connectivity index (χ3v) is 5.65. The number of benzene rings is 1. The van der Waals surface area contributed by atoms with Crippen molar-refractivity contribution < 1.29 is 0 Å². The Kier molecular flexibility index (Phi) is 6.49. The maximum atomic E-state index is 4.84. The number of anilines is 2. The van der Waals surface area contributed by atoms with E-state index in [2.05, 4.69) is 74.8 Å². The molecular formula is C23H32N6. The predicted molar refractivity (Wildman–Crippen MR) is 121 cm³/mol. The normalized spacial score (nSPS) is 19.6. The number of guanidine groups is 1. The van der Waals surface area contributed by atoms with E-state index in [0.29, 0.717) is 12.6 Å². The summed E-state index contributed by atoms with van der Waals surface area (Å²) in [5, 5.41) is 7.03. The van der Waals surface area contributed by atoms with Crippen LogP contribution < -0.4 is 20.4 Å². The van der Waals surface area contributed by atoms with Gasteiger partial charge in [0.05, 0.1) is 6.54 Å². The van der Waals surface area contributed by atoms with Crippen LogP contribution in [0.5, 0.6) is 0 Å². The summed E-state index contributed by atoms with van der Waals surface area (Å²) < 4.78 is 0. The van der Waals surface area contributed by atoms with E-state index in [1.54, 1.807) is 0 Å². The van der Waals surface area contributed by atoms with Gasteiger partial charge in [-0.25, -0.2) is 9.98 Å². The quantitative estimate of drug-likeness (QED) is 0.585. The SMILES string of the molecule is CCNC(=NCc1ccnc(N2CCCC2)c1)NC1CCN(c2ccccc2)C1. The fourth-order valence-corrected chi connectivity index (χ4v) is 4.11. The number of nitrogens with one attached hydrogen (secondary N) is 2. The second-order valence-electron chi connectivity index (χ2n) is 7.82. The second kappa shape index (κ2) is 9.63. The molecule has 3 heterocycles. The lowest BCUT2D eigenvalue weighted by molar-refractivity contribution is 0.649. The molecule has 0 saturated carbocycles. The smallest absolute Gasteiger partial charge is 0.191 e. The minimum atomic E-state index is 0.408. The molecule has 0 amide bonds. The van der Waals surface area contributed by atoms with Crippen LogP contribution in [-0.4, -0.2) is 49.7 Å². The highest BCUT2D eigenvalue weighted by molar-refractivity contribution is 5.80. The summed E-state index contributed by atoms with van der Waals surface area (Å²) in [7, 11) is 0. The van der Waals surface area contributed by atoms with Gasteiger partial charge in [0, 0.05) is 50.6 Å². The first-order chi connectivity index (χ1) is 14.3. The molecule has 2 fully saturated rings. The Morgan fingerprint density at radius 3 is 2.72 bits per heavy atom. The van der Waals surface area contributed by atoms with Crippen LogP contribution in [0.3, 0.4) is 0 Å². The summed E-state index contributed by atoms with van der Waals surface area (Å²) in [5.41, 5.74) is 2.50. The molecule has 4 rings (SSSR count). The van der Waals surface area contributed by atoms with E-state index in [9.17, 15) is 0 Å². The fourth-order valence-electron chi connectivity index (χ4n) is 4.11. The van der Waals surface area contributed by atoms with Gasteiger partial charge >= 0.3 is 0 Å². The van der Waals surface area contributed by atoms with E-state index in [0.717, 1.165) is 50.9 Å². The first-order valence-electron chi connectivity index (χ1n) is 10.9. The Bertz CT molecular complexity index is 800. The molecule has 29 heavy (non-hydrogen) atoms. The van der Waals surface area contributed by atoms with Crippen molar-refractivity contribution in [2.24, 2.45) is 4.99 Å². The number of para-hydroxylation sites is 1. The average Bonchev–Trinajstić information content (AvgIpc) is 3.46. The third kappa shape index (κ3) is 5.19. The molecule has 2 saturated heterocycles. The number of aliphatic imine (C=N–C) groups is 1. The first-order valence-corrected chi connectivity index (χ1v) is 10.9. The Hall–Kier alpha value is -2.76. The number of hydrogen-bond donors (Lipinski definition) is 2. The van der Waals surface area contributed by atoms with Crippen molar-refractivity contribution in [2.75, 3.05) is 42.5 Å². The second-order valence-corrected chi connectivity index (χ2v) is 7.82. The van der Waals surface area contributed by atoms with Gasteiger partial charge in [-0.1, -0.05) is 18.2 Å². The van der Waals surface area contributed by atoms with E-state index in [-0.39, 0.29) is 0 Å². The van der Waals surface area contributed by atoms with Crippen molar-refractivity contribution in [1.29, 1.82) is 0 Å². The Balaban J connectivity index is 1.36. The van der Waals surface area contributed by atoms with Crippen molar-refractivity contribution in [3.63, 3.8) is 0 Å². The van der Waals surface area contributed by atoms with Crippen LogP contribution in [-0.2, 0) is 6.54 Å². The standard InChI is InChI=1S/C23H32N6/c1-2-24-23(27-20-11-15-29(18-20)21-8-4-3-5-9-21)26-17-19-10-12-25-22(16-19)28-13-6-7-14-28/h3-5,8-10,12,16,20H,2,6-7,11,13-15,17-18H2,1H3,(H2,24,26,27). The number of pyridine rings is 1.